The van der Waals surface area contributed by atoms with E-state index in [1.807, 2.05) is 13.0 Å². The van der Waals surface area contributed by atoms with Gasteiger partial charge < -0.3 is 0 Å². The number of nitrogens with zero attached hydrogens (tertiary/aromatic N) is 1. The van der Waals surface area contributed by atoms with E-state index in [0.29, 0.717) is 0 Å². The molecule has 0 N–H and O–H groups in total. The van der Waals surface area contributed by atoms with Gasteiger partial charge in [0, 0.05) is 6.08 Å². The van der Waals surface area contributed by atoms with E-state index in [1.54, 1.807) is 6.08 Å². The van der Waals surface area contributed by atoms with Gasteiger partial charge in [-0.15, -0.1) is 0 Å². The molecule has 1 heteroatoms. The van der Waals surface area contributed by atoms with Crippen LogP contribution in [-0.2, 0) is 0 Å². The molecule has 0 heterocycles. The summed E-state index contributed by atoms with van der Waals surface area (Å²) in [7, 11) is 0. The van der Waals surface area contributed by atoms with E-state index in [4.69, 9.17) is 5.26 Å². The molecule has 0 saturated carbocycles. The first-order valence-electron chi connectivity index (χ1n) is 3.85. The Balaban J connectivity index is 3.65. The predicted molar refractivity (Wildman–Crippen MR) is 48.0 cm³/mol. The van der Waals surface area contributed by atoms with E-state index < -0.39 is 0 Å². The monoisotopic (exact) mass is 159 g/mol. The predicted octanol–water partition coefficient (Wildman–Crippen LogP) is 3.20. The Labute approximate surface area is 69.0 Å². The van der Waals surface area contributed by atoms with Gasteiger partial charge in [-0.3, -0.25) is 0 Å². The largest absolute Gasteiger partial charge is 0.193 e. The Bertz CT molecular complexity index is 199. The lowest BCUT2D eigenvalue weighted by Gasteiger charge is -1.94. The lowest BCUT2D eigenvalue weighted by atomic mass is 11.1. The number of hydrogen-bond donors (Lipinski definition) is 0. The topological polar surface area (TPSA) is 23.8 Å². The van der Waals surface area contributed by atoms with E-state index >= 15 is 0 Å². The molecule has 0 fully saturated rings. The standard InChI is InChI=1S/C10H15N/c1-9(2)5-4-6-10(3)7-8-11/h5,7H,4,6H2,1-3H3/b10-7+/i1+1,2+1,3+1,4+1,5+1,6+1,7+1,8+1,9+1,10+1. The van der Waals surface area contributed by atoms with E-state index in [-0.39, 0.29) is 0 Å². The van der Waals surface area contributed by atoms with Gasteiger partial charge >= 0.3 is 0 Å². The van der Waals surface area contributed by atoms with Gasteiger partial charge in [0.05, 0.1) is 6.07 Å². The summed E-state index contributed by atoms with van der Waals surface area (Å²) in [6.45, 7) is 6.16. The quantitative estimate of drug-likeness (QED) is 0.352. The van der Waals surface area contributed by atoms with Crippen molar-refractivity contribution in [3.05, 3.63) is 23.3 Å². The van der Waals surface area contributed by atoms with Crippen molar-refractivity contribution >= 4 is 0 Å². The van der Waals surface area contributed by atoms with Gasteiger partial charge in [0.15, 0.2) is 0 Å². The summed E-state index contributed by atoms with van der Waals surface area (Å²) < 4.78 is 0. The Hall–Kier alpha value is -1.03. The van der Waals surface area contributed by atoms with Crippen molar-refractivity contribution in [3.63, 3.8) is 0 Å². The first-order chi connectivity index (χ1) is 5.16. The third kappa shape index (κ3) is 6.86. The fourth-order valence-electron chi connectivity index (χ4n) is 0.771. The highest BCUT2D eigenvalue weighted by Gasteiger charge is 1.86. The Kier molecular flexibility index (Phi) is 5.20. The van der Waals surface area contributed by atoms with Gasteiger partial charge in [0.1, 0.15) is 0 Å². The van der Waals surface area contributed by atoms with E-state index in [0.717, 1.165) is 18.4 Å². The number of hydrogen-bond acceptors (Lipinski definition) is 1. The van der Waals surface area contributed by atoms with Crippen LogP contribution in [0.5, 0.6) is 0 Å². The second kappa shape index (κ2) is 5.73. The lowest BCUT2D eigenvalue weighted by molar-refractivity contribution is 0.968. The van der Waals surface area contributed by atoms with Crippen molar-refractivity contribution in [2.45, 2.75) is 33.6 Å². The fraction of sp³-hybridized carbons (Fsp3) is 0.500. The molecule has 0 aliphatic carbocycles. The maximum absolute atomic E-state index is 8.30. The van der Waals surface area contributed by atoms with Crippen LogP contribution in [-0.4, -0.2) is 0 Å². The normalized spacial score (nSPS) is 10.5. The molecule has 0 saturated heterocycles. The molecule has 1 nitrogen and oxygen atoms in total. The molecular weight excluding hydrogens is 144 g/mol. The molecule has 0 rings (SSSR count). The minimum atomic E-state index is 0.999. The molecule has 0 aliphatic heterocycles. The fourth-order valence-corrected chi connectivity index (χ4v) is 0.771. The average molecular weight is 159 g/mol. The van der Waals surface area contributed by atoms with Crippen LogP contribution in [0.15, 0.2) is 23.3 Å². The van der Waals surface area contributed by atoms with Crippen LogP contribution < -0.4 is 0 Å². The molecule has 0 aliphatic rings. The third-order valence-electron chi connectivity index (χ3n) is 1.40. The molecule has 0 aromatic heterocycles. The zero-order valence-corrected chi connectivity index (χ0v) is 7.52. The van der Waals surface area contributed by atoms with Gasteiger partial charge in [-0.1, -0.05) is 17.2 Å². The first-order valence-corrected chi connectivity index (χ1v) is 3.85. The van der Waals surface area contributed by atoms with E-state index in [1.165, 1.54) is 5.57 Å². The van der Waals surface area contributed by atoms with Gasteiger partial charge in [-0.2, -0.15) is 5.26 Å². The molecule has 0 spiro atoms. The molecule has 0 amide bonds. The molecule has 11 heavy (non-hydrogen) atoms. The first kappa shape index (κ1) is 9.97. The summed E-state index contributed by atoms with van der Waals surface area (Å²) in [5, 5.41) is 8.30. The molecule has 0 aromatic rings. The van der Waals surface area contributed by atoms with Crippen LogP contribution in [0.1, 0.15) is 33.6 Å². The van der Waals surface area contributed by atoms with Crippen molar-refractivity contribution in [2.75, 3.05) is 0 Å². The molecule has 0 atom stereocenters. The van der Waals surface area contributed by atoms with Crippen molar-refractivity contribution in [1.82, 2.24) is 0 Å². The maximum atomic E-state index is 8.30. The van der Waals surface area contributed by atoms with Gasteiger partial charge in [-0.05, 0) is 33.6 Å². The second-order valence-corrected chi connectivity index (χ2v) is 2.94. The van der Waals surface area contributed by atoms with Gasteiger partial charge in [0.25, 0.3) is 0 Å². The Morgan fingerprint density at radius 3 is 2.45 bits per heavy atom. The van der Waals surface area contributed by atoms with Crippen LogP contribution >= 0.6 is 0 Å². The molecule has 60 valence electrons. The summed E-state index contributed by atoms with van der Waals surface area (Å²) in [4.78, 5) is 0. The van der Waals surface area contributed by atoms with Crippen LogP contribution in [0, 0.1) is 11.3 Å². The second-order valence-electron chi connectivity index (χ2n) is 2.94. The Morgan fingerprint density at radius 1 is 1.36 bits per heavy atom. The Morgan fingerprint density at radius 2 is 2.00 bits per heavy atom. The zero-order chi connectivity index (χ0) is 8.69. The number of rotatable bonds is 3. The highest BCUT2D eigenvalue weighted by molar-refractivity contribution is 5.11. The van der Waals surface area contributed by atoms with Crippen LogP contribution in [0.4, 0.5) is 0 Å². The lowest BCUT2D eigenvalue weighted by Crippen LogP contribution is -1.75. The minimum Gasteiger partial charge on any atom is -0.193 e. The molecular formula is C10H15N. The van der Waals surface area contributed by atoms with E-state index in [2.05, 4.69) is 19.9 Å². The van der Waals surface area contributed by atoms with Crippen molar-refractivity contribution in [3.8, 4) is 6.07 Å². The summed E-state index contributed by atoms with van der Waals surface area (Å²) >= 11 is 0. The third-order valence-corrected chi connectivity index (χ3v) is 1.40. The number of nitriles is 1. The average Bonchev–Trinajstić information content (AvgIpc) is 1.87. The minimum absolute atomic E-state index is 0.999. The van der Waals surface area contributed by atoms with Crippen LogP contribution in [0.2, 0.25) is 0 Å². The molecule has 0 radical (unpaired) electrons. The smallest absolute Gasteiger partial charge is 0.0911 e. The number of allylic oxidation sites excluding steroid dienone is 4. The molecule has 0 unspecified atom stereocenters. The maximum Gasteiger partial charge on any atom is 0.0911 e. The van der Waals surface area contributed by atoms with E-state index in [9.17, 15) is 0 Å². The van der Waals surface area contributed by atoms with Crippen LogP contribution in [0.3, 0.4) is 0 Å². The molecule has 0 aromatic carbocycles. The SMILES string of the molecule is [13CH3][13C]([13CH3])=[13CH][13CH2][13CH2]/[13C]([13CH3])=[13CH]/[13C]#N. The molecule has 0 bridgehead atoms. The summed E-state index contributed by atoms with van der Waals surface area (Å²) in [5.74, 6) is 0. The summed E-state index contributed by atoms with van der Waals surface area (Å²) in [6.07, 6.45) is 5.85. The summed E-state index contributed by atoms with van der Waals surface area (Å²) in [6, 6.07) is 2.02. The van der Waals surface area contributed by atoms with Crippen molar-refractivity contribution < 1.29 is 0 Å². The van der Waals surface area contributed by atoms with Crippen LogP contribution in [0.25, 0.3) is 0 Å². The zero-order valence-electron chi connectivity index (χ0n) is 7.52. The van der Waals surface area contributed by atoms with Gasteiger partial charge in [0.2, 0.25) is 0 Å². The van der Waals surface area contributed by atoms with Gasteiger partial charge in [-0.25, -0.2) is 0 Å². The summed E-state index contributed by atoms with van der Waals surface area (Å²) in [5.41, 5.74) is 2.50. The van der Waals surface area contributed by atoms with Crippen molar-refractivity contribution in [1.29, 1.82) is 5.26 Å². The highest BCUT2D eigenvalue weighted by atomic mass is 14.9. The highest BCUT2D eigenvalue weighted by Crippen LogP contribution is 2.05. The van der Waals surface area contributed by atoms with Crippen molar-refractivity contribution in [2.24, 2.45) is 0 Å².